The molecular weight excluding hydrogens is 176 g/mol. The molecule has 0 radical (unpaired) electrons. The average molecular weight is 194 g/mol. The summed E-state index contributed by atoms with van der Waals surface area (Å²) in [5.41, 5.74) is 2.60. The van der Waals surface area contributed by atoms with Crippen LogP contribution in [0, 0.1) is 0 Å². The van der Waals surface area contributed by atoms with Crippen molar-refractivity contribution in [3.05, 3.63) is 35.5 Å². The molecule has 0 fully saturated rings. The second-order valence-electron chi connectivity index (χ2n) is 3.43. The summed E-state index contributed by atoms with van der Waals surface area (Å²) in [6.07, 6.45) is 11.7. The first kappa shape index (κ1) is 11.2. The molecular formula is C12H18O2. The Labute approximate surface area is 85.3 Å². The number of allylic oxidation sites excluding steroid dienone is 6. The molecule has 14 heavy (non-hydrogen) atoms. The first-order valence-electron chi connectivity index (χ1n) is 5.17. The van der Waals surface area contributed by atoms with Gasteiger partial charge >= 0.3 is 0 Å². The molecule has 0 unspecified atom stereocenters. The molecule has 0 bridgehead atoms. The maximum atomic E-state index is 8.78. The lowest BCUT2D eigenvalue weighted by Crippen LogP contribution is -1.93. The number of aliphatic hydroxyl groups is 2. The summed E-state index contributed by atoms with van der Waals surface area (Å²) in [5, 5.41) is 17.6. The molecule has 2 heteroatoms. The Morgan fingerprint density at radius 2 is 1.43 bits per heavy atom. The van der Waals surface area contributed by atoms with E-state index in [2.05, 4.69) is 12.2 Å². The number of hydrogen-bond donors (Lipinski definition) is 2. The van der Waals surface area contributed by atoms with Gasteiger partial charge < -0.3 is 10.2 Å². The zero-order valence-corrected chi connectivity index (χ0v) is 8.45. The molecule has 2 nitrogen and oxygen atoms in total. The van der Waals surface area contributed by atoms with E-state index in [1.165, 1.54) is 11.1 Å². The van der Waals surface area contributed by atoms with E-state index < -0.39 is 0 Å². The summed E-state index contributed by atoms with van der Waals surface area (Å²) in [6, 6.07) is 0. The number of rotatable bonds is 6. The van der Waals surface area contributed by atoms with E-state index in [4.69, 9.17) is 10.2 Å². The summed E-state index contributed by atoms with van der Waals surface area (Å²) in [5.74, 6) is 0. The second kappa shape index (κ2) is 6.57. The van der Waals surface area contributed by atoms with Crippen molar-refractivity contribution in [3.8, 4) is 0 Å². The van der Waals surface area contributed by atoms with Gasteiger partial charge in [0, 0.05) is 13.2 Å². The number of hydrogen-bond acceptors (Lipinski definition) is 2. The van der Waals surface area contributed by atoms with Crippen LogP contribution in [-0.2, 0) is 0 Å². The van der Waals surface area contributed by atoms with Crippen molar-refractivity contribution >= 4 is 0 Å². The highest BCUT2D eigenvalue weighted by Gasteiger charge is 2.04. The lowest BCUT2D eigenvalue weighted by molar-refractivity contribution is 0.281. The lowest BCUT2D eigenvalue weighted by Gasteiger charge is -2.08. The summed E-state index contributed by atoms with van der Waals surface area (Å²) in [4.78, 5) is 0. The van der Waals surface area contributed by atoms with Gasteiger partial charge in [-0.25, -0.2) is 0 Å². The van der Waals surface area contributed by atoms with Gasteiger partial charge in [0.05, 0.1) is 0 Å². The van der Waals surface area contributed by atoms with Crippen LogP contribution in [0.1, 0.15) is 25.7 Å². The topological polar surface area (TPSA) is 40.5 Å². The molecule has 0 saturated carbocycles. The van der Waals surface area contributed by atoms with Gasteiger partial charge in [0.2, 0.25) is 0 Å². The standard InChI is InChI=1S/C12H18O2/c13-9-3-7-12(8-4-10-14)11-5-1-2-6-11/h1-2,5-6,13-14H,3-4,7-10H2. The molecule has 0 aliphatic heterocycles. The minimum atomic E-state index is 0.239. The van der Waals surface area contributed by atoms with Crippen molar-refractivity contribution in [1.82, 2.24) is 0 Å². The van der Waals surface area contributed by atoms with E-state index in [0.717, 1.165) is 25.7 Å². The smallest absolute Gasteiger partial charge is 0.0434 e. The Hall–Kier alpha value is -0.860. The SMILES string of the molecule is OCCCC(CCCO)=C1C=CC=C1. The number of aliphatic hydroxyl groups excluding tert-OH is 2. The van der Waals surface area contributed by atoms with Crippen LogP contribution in [0.25, 0.3) is 0 Å². The van der Waals surface area contributed by atoms with Gasteiger partial charge in [-0.3, -0.25) is 0 Å². The van der Waals surface area contributed by atoms with Crippen molar-refractivity contribution in [1.29, 1.82) is 0 Å². The molecule has 0 atom stereocenters. The molecule has 0 aromatic heterocycles. The second-order valence-corrected chi connectivity index (χ2v) is 3.43. The molecule has 0 aromatic carbocycles. The van der Waals surface area contributed by atoms with Crippen LogP contribution in [0.2, 0.25) is 0 Å². The Morgan fingerprint density at radius 3 is 1.86 bits per heavy atom. The highest BCUT2D eigenvalue weighted by Crippen LogP contribution is 2.21. The van der Waals surface area contributed by atoms with E-state index in [-0.39, 0.29) is 13.2 Å². The highest BCUT2D eigenvalue weighted by atomic mass is 16.3. The minimum absolute atomic E-state index is 0.239. The van der Waals surface area contributed by atoms with Crippen molar-refractivity contribution in [2.45, 2.75) is 25.7 Å². The van der Waals surface area contributed by atoms with Crippen molar-refractivity contribution in [2.75, 3.05) is 13.2 Å². The monoisotopic (exact) mass is 194 g/mol. The largest absolute Gasteiger partial charge is 0.396 e. The third kappa shape index (κ3) is 3.48. The molecule has 0 aromatic rings. The maximum Gasteiger partial charge on any atom is 0.0434 e. The average Bonchev–Trinajstić information content (AvgIpc) is 2.71. The fraction of sp³-hybridized carbons (Fsp3) is 0.500. The first-order valence-corrected chi connectivity index (χ1v) is 5.17. The van der Waals surface area contributed by atoms with Gasteiger partial charge in [-0.05, 0) is 31.3 Å². The van der Waals surface area contributed by atoms with Gasteiger partial charge in [-0.15, -0.1) is 0 Å². The third-order valence-electron chi connectivity index (χ3n) is 2.34. The fourth-order valence-electron chi connectivity index (χ4n) is 1.61. The molecule has 0 heterocycles. The van der Waals surface area contributed by atoms with Crippen molar-refractivity contribution < 1.29 is 10.2 Å². The van der Waals surface area contributed by atoms with Gasteiger partial charge in [0.1, 0.15) is 0 Å². The quantitative estimate of drug-likeness (QED) is 0.678. The minimum Gasteiger partial charge on any atom is -0.396 e. The summed E-state index contributed by atoms with van der Waals surface area (Å²) in [7, 11) is 0. The van der Waals surface area contributed by atoms with E-state index in [9.17, 15) is 0 Å². The molecule has 0 amide bonds. The predicted octanol–water partition coefficient (Wildman–Crippen LogP) is 1.95. The van der Waals surface area contributed by atoms with Crippen LogP contribution < -0.4 is 0 Å². The molecule has 0 saturated heterocycles. The van der Waals surface area contributed by atoms with Crippen LogP contribution in [-0.4, -0.2) is 23.4 Å². The molecule has 2 N–H and O–H groups in total. The van der Waals surface area contributed by atoms with Gasteiger partial charge in [-0.1, -0.05) is 29.9 Å². The molecule has 0 spiro atoms. The Kier molecular flexibility index (Phi) is 5.27. The van der Waals surface area contributed by atoms with E-state index in [1.807, 2.05) is 12.2 Å². The van der Waals surface area contributed by atoms with Crippen molar-refractivity contribution in [2.24, 2.45) is 0 Å². The van der Waals surface area contributed by atoms with Crippen LogP contribution in [0.3, 0.4) is 0 Å². The van der Waals surface area contributed by atoms with Crippen LogP contribution >= 0.6 is 0 Å². The predicted molar refractivity (Wildman–Crippen MR) is 57.9 cm³/mol. The molecule has 78 valence electrons. The zero-order valence-electron chi connectivity index (χ0n) is 8.45. The normalized spacial score (nSPS) is 14.0. The van der Waals surface area contributed by atoms with Crippen LogP contribution in [0.4, 0.5) is 0 Å². The Morgan fingerprint density at radius 1 is 0.929 bits per heavy atom. The zero-order chi connectivity index (χ0) is 10.2. The van der Waals surface area contributed by atoms with Crippen LogP contribution in [0.5, 0.6) is 0 Å². The van der Waals surface area contributed by atoms with E-state index in [1.54, 1.807) is 0 Å². The van der Waals surface area contributed by atoms with Crippen molar-refractivity contribution in [3.63, 3.8) is 0 Å². The Balaban J connectivity index is 2.56. The third-order valence-corrected chi connectivity index (χ3v) is 2.34. The highest BCUT2D eigenvalue weighted by molar-refractivity contribution is 5.43. The Bertz CT molecular complexity index is 225. The van der Waals surface area contributed by atoms with Gasteiger partial charge in [-0.2, -0.15) is 0 Å². The maximum absolute atomic E-state index is 8.78. The fourth-order valence-corrected chi connectivity index (χ4v) is 1.61. The summed E-state index contributed by atoms with van der Waals surface area (Å²) in [6.45, 7) is 0.479. The summed E-state index contributed by atoms with van der Waals surface area (Å²) >= 11 is 0. The van der Waals surface area contributed by atoms with Gasteiger partial charge in [0.15, 0.2) is 0 Å². The lowest BCUT2D eigenvalue weighted by atomic mass is 9.99. The van der Waals surface area contributed by atoms with Crippen LogP contribution in [0.15, 0.2) is 35.5 Å². The molecule has 1 rings (SSSR count). The van der Waals surface area contributed by atoms with E-state index >= 15 is 0 Å². The van der Waals surface area contributed by atoms with E-state index in [0.29, 0.717) is 0 Å². The van der Waals surface area contributed by atoms with Gasteiger partial charge in [0.25, 0.3) is 0 Å². The summed E-state index contributed by atoms with van der Waals surface area (Å²) < 4.78 is 0. The first-order chi connectivity index (χ1) is 6.88. The molecule has 1 aliphatic rings. The molecule has 1 aliphatic carbocycles.